The van der Waals surface area contributed by atoms with E-state index in [1.807, 2.05) is 6.92 Å². The van der Waals surface area contributed by atoms with Crippen molar-refractivity contribution in [2.45, 2.75) is 32.4 Å². The highest BCUT2D eigenvalue weighted by Crippen LogP contribution is 2.25. The van der Waals surface area contributed by atoms with Crippen molar-refractivity contribution in [2.24, 2.45) is 11.7 Å². The molecule has 5 heteroatoms. The molecule has 17 heavy (non-hydrogen) atoms. The summed E-state index contributed by atoms with van der Waals surface area (Å²) in [5.74, 6) is -0.495. The number of hydrogen-bond donors (Lipinski definition) is 1. The fourth-order valence-electron chi connectivity index (χ4n) is 2.41. The second-order valence-corrected chi connectivity index (χ2v) is 5.27. The van der Waals surface area contributed by atoms with E-state index in [9.17, 15) is 4.79 Å². The zero-order valence-corrected chi connectivity index (χ0v) is 11.2. The summed E-state index contributed by atoms with van der Waals surface area (Å²) in [5.41, 5.74) is 5.28. The van der Waals surface area contributed by atoms with Gasteiger partial charge in [-0.25, -0.2) is 0 Å². The minimum Gasteiger partial charge on any atom is -0.383 e. The topological polar surface area (TPSA) is 64.8 Å². The van der Waals surface area contributed by atoms with Gasteiger partial charge in [0, 0.05) is 25.2 Å². The summed E-state index contributed by atoms with van der Waals surface area (Å²) in [6, 6.07) is 0.0337. The van der Waals surface area contributed by atoms with Crippen LogP contribution in [0.1, 0.15) is 20.8 Å². The Balaban J connectivity index is 2.82. The lowest BCUT2D eigenvalue weighted by Crippen LogP contribution is -2.61. The van der Waals surface area contributed by atoms with Crippen molar-refractivity contribution in [3.8, 4) is 0 Å². The molecule has 1 aliphatic rings. The quantitative estimate of drug-likeness (QED) is 0.752. The molecular weight excluding hydrogens is 220 g/mol. The van der Waals surface area contributed by atoms with E-state index in [1.54, 1.807) is 7.11 Å². The molecule has 0 spiro atoms. The van der Waals surface area contributed by atoms with Gasteiger partial charge in [0.1, 0.15) is 0 Å². The van der Waals surface area contributed by atoms with Crippen molar-refractivity contribution in [3.05, 3.63) is 0 Å². The van der Waals surface area contributed by atoms with Crippen LogP contribution in [0.25, 0.3) is 0 Å². The van der Waals surface area contributed by atoms with Crippen LogP contribution in [-0.4, -0.2) is 55.9 Å². The number of carbonyl (C=O) groups is 1. The van der Waals surface area contributed by atoms with Gasteiger partial charge in [0.05, 0.1) is 25.7 Å². The Morgan fingerprint density at radius 2 is 2.29 bits per heavy atom. The normalized spacial score (nSPS) is 24.6. The second kappa shape index (κ2) is 5.80. The number of ether oxygens (including phenoxy) is 2. The Hall–Kier alpha value is -0.650. The predicted octanol–water partition coefficient (Wildman–Crippen LogP) is 0.234. The van der Waals surface area contributed by atoms with Gasteiger partial charge in [-0.3, -0.25) is 9.69 Å². The molecule has 1 amide bonds. The van der Waals surface area contributed by atoms with E-state index in [4.69, 9.17) is 15.2 Å². The Morgan fingerprint density at radius 1 is 1.65 bits per heavy atom. The van der Waals surface area contributed by atoms with Crippen LogP contribution in [0.5, 0.6) is 0 Å². The Morgan fingerprint density at radius 3 is 2.82 bits per heavy atom. The highest BCUT2D eigenvalue weighted by atomic mass is 16.5. The van der Waals surface area contributed by atoms with Gasteiger partial charge in [0.25, 0.3) is 0 Å². The number of primary amides is 1. The summed E-state index contributed by atoms with van der Waals surface area (Å²) in [6.45, 7) is 8.75. The zero-order chi connectivity index (χ0) is 13.1. The molecule has 1 fully saturated rings. The van der Waals surface area contributed by atoms with Crippen LogP contribution in [0, 0.1) is 5.92 Å². The van der Waals surface area contributed by atoms with Crippen molar-refractivity contribution in [1.82, 2.24) is 4.90 Å². The molecule has 1 heterocycles. The molecule has 2 atom stereocenters. The Bertz CT molecular complexity index is 268. The average molecular weight is 244 g/mol. The van der Waals surface area contributed by atoms with Crippen LogP contribution in [-0.2, 0) is 14.3 Å². The number of amides is 1. The SMILES string of the molecule is COCC(C)(C)N1CCOCC1C(C)C(N)=O. The molecule has 0 aromatic heterocycles. The molecule has 5 nitrogen and oxygen atoms in total. The van der Waals surface area contributed by atoms with Crippen LogP contribution in [0.4, 0.5) is 0 Å². The minimum absolute atomic E-state index is 0.0337. The van der Waals surface area contributed by atoms with E-state index in [0.717, 1.165) is 6.54 Å². The van der Waals surface area contributed by atoms with Gasteiger partial charge in [-0.15, -0.1) is 0 Å². The van der Waals surface area contributed by atoms with E-state index >= 15 is 0 Å². The first kappa shape index (κ1) is 14.4. The highest BCUT2D eigenvalue weighted by Gasteiger charge is 2.39. The number of hydrogen-bond acceptors (Lipinski definition) is 4. The van der Waals surface area contributed by atoms with Crippen molar-refractivity contribution in [1.29, 1.82) is 0 Å². The van der Waals surface area contributed by atoms with Crippen molar-refractivity contribution < 1.29 is 14.3 Å². The molecule has 100 valence electrons. The van der Waals surface area contributed by atoms with Gasteiger partial charge in [-0.2, -0.15) is 0 Å². The number of morpholine rings is 1. The van der Waals surface area contributed by atoms with Crippen molar-refractivity contribution >= 4 is 5.91 Å². The third-order valence-corrected chi connectivity index (χ3v) is 3.47. The number of rotatable bonds is 5. The van der Waals surface area contributed by atoms with Gasteiger partial charge >= 0.3 is 0 Å². The molecule has 0 aromatic rings. The fourth-order valence-corrected chi connectivity index (χ4v) is 2.41. The minimum atomic E-state index is -0.279. The molecule has 0 bridgehead atoms. The number of nitrogens with zero attached hydrogens (tertiary/aromatic N) is 1. The molecule has 1 rings (SSSR count). The van der Waals surface area contributed by atoms with Crippen LogP contribution in [0.2, 0.25) is 0 Å². The molecule has 1 saturated heterocycles. The first-order valence-corrected chi connectivity index (χ1v) is 6.03. The zero-order valence-electron chi connectivity index (χ0n) is 11.2. The standard InChI is InChI=1S/C12H24N2O3/c1-9(11(13)15)10-7-17-6-5-14(10)12(2,3)8-16-4/h9-10H,5-8H2,1-4H3,(H2,13,15). The lowest BCUT2D eigenvalue weighted by molar-refractivity contribution is -0.132. The molecule has 0 aromatic carbocycles. The van der Waals surface area contributed by atoms with Crippen LogP contribution in [0.15, 0.2) is 0 Å². The first-order valence-electron chi connectivity index (χ1n) is 6.03. The second-order valence-electron chi connectivity index (χ2n) is 5.27. The van der Waals surface area contributed by atoms with E-state index in [-0.39, 0.29) is 23.4 Å². The molecule has 1 aliphatic heterocycles. The largest absolute Gasteiger partial charge is 0.383 e. The van der Waals surface area contributed by atoms with Crippen LogP contribution >= 0.6 is 0 Å². The number of methoxy groups -OCH3 is 1. The summed E-state index contributed by atoms with van der Waals surface area (Å²) in [7, 11) is 1.69. The monoisotopic (exact) mass is 244 g/mol. The van der Waals surface area contributed by atoms with E-state index in [0.29, 0.717) is 19.8 Å². The summed E-state index contributed by atoms with van der Waals surface area (Å²) in [4.78, 5) is 13.6. The molecule has 2 unspecified atom stereocenters. The maximum absolute atomic E-state index is 11.3. The smallest absolute Gasteiger partial charge is 0.221 e. The molecule has 0 aliphatic carbocycles. The lowest BCUT2D eigenvalue weighted by Gasteiger charge is -2.47. The molecule has 0 saturated carbocycles. The predicted molar refractivity (Wildman–Crippen MR) is 65.6 cm³/mol. The summed E-state index contributed by atoms with van der Waals surface area (Å²) >= 11 is 0. The third-order valence-electron chi connectivity index (χ3n) is 3.47. The Kier molecular flexibility index (Phi) is 4.91. The maximum atomic E-state index is 11.3. The van der Waals surface area contributed by atoms with E-state index < -0.39 is 0 Å². The third kappa shape index (κ3) is 3.40. The van der Waals surface area contributed by atoms with Crippen molar-refractivity contribution in [2.75, 3.05) is 33.5 Å². The van der Waals surface area contributed by atoms with E-state index in [1.165, 1.54) is 0 Å². The van der Waals surface area contributed by atoms with Gasteiger partial charge in [0.15, 0.2) is 0 Å². The molecule has 0 radical (unpaired) electrons. The van der Waals surface area contributed by atoms with Crippen LogP contribution < -0.4 is 5.73 Å². The summed E-state index contributed by atoms with van der Waals surface area (Å²) < 4.78 is 10.7. The van der Waals surface area contributed by atoms with Gasteiger partial charge in [-0.05, 0) is 13.8 Å². The number of carbonyl (C=O) groups excluding carboxylic acids is 1. The highest BCUT2D eigenvalue weighted by molar-refractivity contribution is 5.77. The molecular formula is C12H24N2O3. The van der Waals surface area contributed by atoms with Gasteiger partial charge < -0.3 is 15.2 Å². The molecule has 2 N–H and O–H groups in total. The first-order chi connectivity index (χ1) is 7.90. The summed E-state index contributed by atoms with van der Waals surface area (Å²) in [6.07, 6.45) is 0. The van der Waals surface area contributed by atoms with Gasteiger partial charge in [-0.1, -0.05) is 6.92 Å². The lowest BCUT2D eigenvalue weighted by atomic mass is 9.93. The van der Waals surface area contributed by atoms with Gasteiger partial charge in [0.2, 0.25) is 5.91 Å². The van der Waals surface area contributed by atoms with E-state index in [2.05, 4.69) is 18.7 Å². The van der Waals surface area contributed by atoms with Crippen molar-refractivity contribution in [3.63, 3.8) is 0 Å². The fraction of sp³-hybridized carbons (Fsp3) is 0.917. The summed E-state index contributed by atoms with van der Waals surface area (Å²) in [5, 5.41) is 0. The number of nitrogens with two attached hydrogens (primary N) is 1. The maximum Gasteiger partial charge on any atom is 0.221 e. The Labute approximate surface area is 103 Å². The average Bonchev–Trinajstić information content (AvgIpc) is 2.28. The van der Waals surface area contributed by atoms with Crippen LogP contribution in [0.3, 0.4) is 0 Å².